The highest BCUT2D eigenvalue weighted by Gasteiger charge is 2.66. The Morgan fingerprint density at radius 2 is 1.83 bits per heavy atom. The molecule has 4 saturated carbocycles. The predicted molar refractivity (Wildman–Crippen MR) is 92.0 cm³/mol. The second-order valence-corrected chi connectivity index (χ2v) is 9.34. The summed E-state index contributed by atoms with van der Waals surface area (Å²) < 4.78 is 0. The molecule has 0 bridgehead atoms. The molecule has 4 fully saturated rings. The molecule has 128 valence electrons. The molecule has 0 aromatic carbocycles. The molecule has 2 nitrogen and oxygen atoms in total. The number of ketones is 1. The van der Waals surface area contributed by atoms with Crippen LogP contribution in [0.2, 0.25) is 0 Å². The first kappa shape index (κ1) is 15.9. The van der Waals surface area contributed by atoms with Crippen LogP contribution in [0.15, 0.2) is 11.6 Å². The van der Waals surface area contributed by atoms with E-state index >= 15 is 0 Å². The van der Waals surface area contributed by atoms with E-state index < -0.39 is 5.60 Å². The van der Waals surface area contributed by atoms with Gasteiger partial charge in [-0.1, -0.05) is 25.5 Å². The second kappa shape index (κ2) is 4.94. The van der Waals surface area contributed by atoms with Crippen molar-refractivity contribution in [3.05, 3.63) is 11.6 Å². The van der Waals surface area contributed by atoms with Crippen LogP contribution in [-0.2, 0) is 4.79 Å². The number of carbonyl (C=O) groups is 1. The zero-order chi connectivity index (χ0) is 16.5. The quantitative estimate of drug-likeness (QED) is 0.660. The Morgan fingerprint density at radius 1 is 1.04 bits per heavy atom. The van der Waals surface area contributed by atoms with Gasteiger partial charge < -0.3 is 5.11 Å². The number of Topliss-reactive ketones (excluding diaryl/α,β-unsaturated/α-hetero) is 1. The molecule has 0 spiro atoms. The average molecular weight is 316 g/mol. The minimum absolute atomic E-state index is 0.0379. The monoisotopic (exact) mass is 316 g/mol. The Kier molecular flexibility index (Phi) is 3.41. The van der Waals surface area contributed by atoms with Gasteiger partial charge in [-0.25, -0.2) is 0 Å². The fourth-order valence-corrected chi connectivity index (χ4v) is 7.31. The van der Waals surface area contributed by atoms with E-state index in [2.05, 4.69) is 26.8 Å². The standard InChI is InChI=1S/C21H32O2/c1-4-14-5-7-17-18-8-6-15-13-16(22)9-10-20(15,3)21(18,23)12-11-19(14,17)2/h4,15,17-18,23H,5-13H2,1-3H3/b14-4-/t15-,17?,18?,19-,20+,21-/m1/s1. The van der Waals surface area contributed by atoms with Crippen molar-refractivity contribution >= 4 is 5.78 Å². The minimum atomic E-state index is -0.538. The lowest BCUT2D eigenvalue weighted by atomic mass is 9.43. The van der Waals surface area contributed by atoms with E-state index in [0.29, 0.717) is 41.8 Å². The molecular weight excluding hydrogens is 284 g/mol. The van der Waals surface area contributed by atoms with Crippen LogP contribution in [0.1, 0.15) is 78.6 Å². The van der Waals surface area contributed by atoms with Gasteiger partial charge in [0.1, 0.15) is 5.78 Å². The summed E-state index contributed by atoms with van der Waals surface area (Å²) in [6.07, 6.45) is 11.5. The fraction of sp³-hybridized carbons (Fsp3) is 0.857. The highest BCUT2D eigenvalue weighted by Crippen LogP contribution is 2.68. The van der Waals surface area contributed by atoms with Crippen LogP contribution in [0.25, 0.3) is 0 Å². The smallest absolute Gasteiger partial charge is 0.133 e. The van der Waals surface area contributed by atoms with Crippen LogP contribution < -0.4 is 0 Å². The van der Waals surface area contributed by atoms with Crippen LogP contribution in [-0.4, -0.2) is 16.5 Å². The third-order valence-corrected chi connectivity index (χ3v) is 8.86. The van der Waals surface area contributed by atoms with Gasteiger partial charge in [0.05, 0.1) is 5.60 Å². The maximum Gasteiger partial charge on any atom is 0.133 e. The molecule has 2 unspecified atom stereocenters. The normalized spacial score (nSPS) is 54.5. The van der Waals surface area contributed by atoms with Gasteiger partial charge in [-0.2, -0.15) is 0 Å². The van der Waals surface area contributed by atoms with Gasteiger partial charge in [0.15, 0.2) is 0 Å². The Labute approximate surface area is 140 Å². The molecule has 0 heterocycles. The first-order valence-corrected chi connectivity index (χ1v) is 9.75. The molecule has 0 aromatic rings. The summed E-state index contributed by atoms with van der Waals surface area (Å²) in [5.41, 5.74) is 1.38. The zero-order valence-corrected chi connectivity index (χ0v) is 15.0. The third kappa shape index (κ3) is 1.88. The molecule has 2 heteroatoms. The van der Waals surface area contributed by atoms with Crippen LogP contribution in [0.4, 0.5) is 0 Å². The molecule has 4 aliphatic rings. The molecule has 0 amide bonds. The first-order chi connectivity index (χ1) is 10.8. The molecule has 1 N–H and O–H groups in total. The molecule has 0 saturated heterocycles. The Morgan fingerprint density at radius 3 is 2.57 bits per heavy atom. The van der Waals surface area contributed by atoms with Gasteiger partial charge in [-0.05, 0) is 75.0 Å². The topological polar surface area (TPSA) is 37.3 Å². The molecule has 0 radical (unpaired) electrons. The van der Waals surface area contributed by atoms with Crippen molar-refractivity contribution < 1.29 is 9.90 Å². The highest BCUT2D eigenvalue weighted by molar-refractivity contribution is 5.79. The van der Waals surface area contributed by atoms with E-state index in [0.717, 1.165) is 32.1 Å². The molecule has 6 atom stereocenters. The van der Waals surface area contributed by atoms with Gasteiger partial charge in [-0.15, -0.1) is 0 Å². The molecule has 4 rings (SSSR count). The van der Waals surface area contributed by atoms with Crippen molar-refractivity contribution in [2.24, 2.45) is 28.6 Å². The summed E-state index contributed by atoms with van der Waals surface area (Å²) in [7, 11) is 0. The summed E-state index contributed by atoms with van der Waals surface area (Å²) in [6, 6.07) is 0. The summed E-state index contributed by atoms with van der Waals surface area (Å²) in [6.45, 7) is 6.96. The second-order valence-electron chi connectivity index (χ2n) is 9.34. The number of rotatable bonds is 0. The number of aliphatic hydroxyl groups is 1. The largest absolute Gasteiger partial charge is 0.389 e. The molecule has 4 aliphatic carbocycles. The van der Waals surface area contributed by atoms with Crippen molar-refractivity contribution in [3.63, 3.8) is 0 Å². The van der Waals surface area contributed by atoms with Crippen molar-refractivity contribution in [1.82, 2.24) is 0 Å². The van der Waals surface area contributed by atoms with Crippen molar-refractivity contribution in [2.75, 3.05) is 0 Å². The van der Waals surface area contributed by atoms with E-state index in [9.17, 15) is 9.90 Å². The fourth-order valence-electron chi connectivity index (χ4n) is 7.31. The van der Waals surface area contributed by atoms with Gasteiger partial charge in [-0.3, -0.25) is 4.79 Å². The number of fused-ring (bicyclic) bond motifs is 5. The third-order valence-electron chi connectivity index (χ3n) is 8.86. The summed E-state index contributed by atoms with van der Waals surface area (Å²) >= 11 is 0. The lowest BCUT2D eigenvalue weighted by molar-refractivity contribution is -0.227. The van der Waals surface area contributed by atoms with Crippen LogP contribution in [0.3, 0.4) is 0 Å². The van der Waals surface area contributed by atoms with Crippen molar-refractivity contribution in [2.45, 2.75) is 84.2 Å². The maximum absolute atomic E-state index is 12.0. The molecule has 0 aliphatic heterocycles. The lowest BCUT2D eigenvalue weighted by Gasteiger charge is -2.64. The number of hydrogen-bond acceptors (Lipinski definition) is 2. The highest BCUT2D eigenvalue weighted by atomic mass is 16.3. The van der Waals surface area contributed by atoms with E-state index in [1.54, 1.807) is 5.57 Å². The number of carbonyl (C=O) groups excluding carboxylic acids is 1. The van der Waals surface area contributed by atoms with E-state index in [1.807, 2.05) is 0 Å². The van der Waals surface area contributed by atoms with Gasteiger partial charge in [0, 0.05) is 18.3 Å². The predicted octanol–water partition coefficient (Wildman–Crippen LogP) is 4.66. The molecule has 0 aromatic heterocycles. The van der Waals surface area contributed by atoms with Gasteiger partial charge in [0.2, 0.25) is 0 Å². The Hall–Kier alpha value is -0.630. The number of allylic oxidation sites excluding steroid dienone is 2. The first-order valence-electron chi connectivity index (χ1n) is 9.75. The lowest BCUT2D eigenvalue weighted by Crippen LogP contribution is -2.65. The van der Waals surface area contributed by atoms with Gasteiger partial charge in [0.25, 0.3) is 0 Å². The van der Waals surface area contributed by atoms with E-state index in [1.165, 1.54) is 12.8 Å². The summed E-state index contributed by atoms with van der Waals surface area (Å²) in [5.74, 6) is 1.92. The van der Waals surface area contributed by atoms with Crippen LogP contribution in [0.5, 0.6) is 0 Å². The average Bonchev–Trinajstić information content (AvgIpc) is 2.86. The Bertz CT molecular complexity index is 564. The van der Waals surface area contributed by atoms with Crippen molar-refractivity contribution in [1.29, 1.82) is 0 Å². The summed E-state index contributed by atoms with van der Waals surface area (Å²) in [5, 5.41) is 11.9. The molecular formula is C21H32O2. The Balaban J connectivity index is 1.72. The number of hydrogen-bond donors (Lipinski definition) is 1. The maximum atomic E-state index is 12.0. The SMILES string of the molecule is C/C=C1/CCC2C3CC[C@@H]4CC(=O)CC[C@]4(C)[C@@]3(O)CC[C@]12C. The van der Waals surface area contributed by atoms with Gasteiger partial charge >= 0.3 is 0 Å². The van der Waals surface area contributed by atoms with Crippen molar-refractivity contribution in [3.8, 4) is 0 Å². The van der Waals surface area contributed by atoms with Crippen LogP contribution >= 0.6 is 0 Å². The van der Waals surface area contributed by atoms with E-state index in [-0.39, 0.29) is 5.41 Å². The van der Waals surface area contributed by atoms with Crippen LogP contribution in [0, 0.1) is 28.6 Å². The minimum Gasteiger partial charge on any atom is -0.389 e. The summed E-state index contributed by atoms with van der Waals surface area (Å²) in [4.78, 5) is 12.0. The zero-order valence-electron chi connectivity index (χ0n) is 15.0. The molecule has 23 heavy (non-hydrogen) atoms. The van der Waals surface area contributed by atoms with E-state index in [4.69, 9.17) is 0 Å².